The molecule has 0 bridgehead atoms. The number of hydrogen-bond donors (Lipinski definition) is 0. The van der Waals surface area contributed by atoms with Crippen LogP contribution in [-0.4, -0.2) is 47.1 Å². The zero-order valence-electron chi connectivity index (χ0n) is 13.3. The number of aromatic nitrogens is 2. The molecule has 2 unspecified atom stereocenters. The summed E-state index contributed by atoms with van der Waals surface area (Å²) in [6.07, 6.45) is 10.4. The van der Waals surface area contributed by atoms with Gasteiger partial charge in [-0.3, -0.25) is 4.79 Å². The first-order chi connectivity index (χ1) is 10.7. The third-order valence-electron chi connectivity index (χ3n) is 6.04. The standard InChI is InChI=1S/C17H23N3O2/c1-20(13-8-14(22-2)17(13)6-3-7-17)16(21)12-9-18-10-19-15(12)11-4-5-11/h9-11,13-14H,3-8H2,1-2H3. The third kappa shape index (κ3) is 1.91. The van der Waals surface area contributed by atoms with Crippen molar-refractivity contribution in [2.45, 2.75) is 56.6 Å². The molecule has 22 heavy (non-hydrogen) atoms. The van der Waals surface area contributed by atoms with Gasteiger partial charge >= 0.3 is 0 Å². The smallest absolute Gasteiger partial charge is 0.257 e. The van der Waals surface area contributed by atoms with E-state index < -0.39 is 0 Å². The van der Waals surface area contributed by atoms with Crippen molar-refractivity contribution >= 4 is 5.91 Å². The minimum absolute atomic E-state index is 0.0772. The molecular weight excluding hydrogens is 278 g/mol. The van der Waals surface area contributed by atoms with Gasteiger partial charge in [0.2, 0.25) is 0 Å². The molecule has 1 spiro atoms. The lowest BCUT2D eigenvalue weighted by molar-refractivity contribution is -0.182. The monoisotopic (exact) mass is 301 g/mol. The molecule has 1 amide bonds. The van der Waals surface area contributed by atoms with E-state index in [1.807, 2.05) is 11.9 Å². The quantitative estimate of drug-likeness (QED) is 0.857. The van der Waals surface area contributed by atoms with Crippen molar-refractivity contribution in [2.75, 3.05) is 14.2 Å². The van der Waals surface area contributed by atoms with E-state index in [1.165, 1.54) is 19.3 Å². The second kappa shape index (κ2) is 5.01. The molecule has 0 radical (unpaired) electrons. The van der Waals surface area contributed by atoms with Crippen LogP contribution in [0, 0.1) is 5.41 Å². The van der Waals surface area contributed by atoms with E-state index >= 15 is 0 Å². The van der Waals surface area contributed by atoms with Gasteiger partial charge in [0.1, 0.15) is 6.33 Å². The molecule has 1 aromatic heterocycles. The van der Waals surface area contributed by atoms with Gasteiger partial charge in [-0.15, -0.1) is 0 Å². The number of carbonyl (C=O) groups is 1. The minimum atomic E-state index is 0.0772. The maximum absolute atomic E-state index is 13.0. The number of methoxy groups -OCH3 is 1. The van der Waals surface area contributed by atoms with Crippen LogP contribution in [0.2, 0.25) is 0 Å². The van der Waals surface area contributed by atoms with E-state index in [1.54, 1.807) is 19.6 Å². The van der Waals surface area contributed by atoms with E-state index in [4.69, 9.17) is 4.74 Å². The summed E-state index contributed by atoms with van der Waals surface area (Å²) >= 11 is 0. The highest BCUT2D eigenvalue weighted by Crippen LogP contribution is 2.58. The zero-order chi connectivity index (χ0) is 15.3. The minimum Gasteiger partial charge on any atom is -0.381 e. The highest BCUT2D eigenvalue weighted by molar-refractivity contribution is 5.95. The van der Waals surface area contributed by atoms with E-state index in [0.29, 0.717) is 23.6 Å². The fraction of sp³-hybridized carbons (Fsp3) is 0.706. The summed E-state index contributed by atoms with van der Waals surface area (Å²) in [5, 5.41) is 0. The Bertz CT molecular complexity index is 595. The van der Waals surface area contributed by atoms with Gasteiger partial charge in [-0.2, -0.15) is 0 Å². The normalized spacial score (nSPS) is 28.8. The lowest BCUT2D eigenvalue weighted by Crippen LogP contribution is -2.67. The number of carbonyl (C=O) groups excluding carboxylic acids is 1. The van der Waals surface area contributed by atoms with Crippen molar-refractivity contribution in [1.29, 1.82) is 0 Å². The van der Waals surface area contributed by atoms with E-state index in [0.717, 1.165) is 25.0 Å². The van der Waals surface area contributed by atoms with Gasteiger partial charge in [0.25, 0.3) is 5.91 Å². The fourth-order valence-corrected chi connectivity index (χ4v) is 4.36. The summed E-state index contributed by atoms with van der Waals surface area (Å²) < 4.78 is 5.62. The molecule has 5 heteroatoms. The first-order valence-electron chi connectivity index (χ1n) is 8.27. The van der Waals surface area contributed by atoms with Crippen molar-refractivity contribution in [3.05, 3.63) is 23.8 Å². The number of rotatable bonds is 4. The van der Waals surface area contributed by atoms with Crippen molar-refractivity contribution in [3.8, 4) is 0 Å². The topological polar surface area (TPSA) is 55.3 Å². The van der Waals surface area contributed by atoms with Crippen LogP contribution in [0.5, 0.6) is 0 Å². The summed E-state index contributed by atoms with van der Waals surface area (Å²) in [6, 6.07) is 0.297. The van der Waals surface area contributed by atoms with Gasteiger partial charge in [0.05, 0.1) is 17.4 Å². The Kier molecular flexibility index (Phi) is 3.22. The molecule has 4 rings (SSSR count). The molecule has 0 aromatic carbocycles. The second-order valence-corrected chi connectivity index (χ2v) is 7.07. The molecule has 3 aliphatic carbocycles. The number of ether oxygens (including phenoxy) is 1. The van der Waals surface area contributed by atoms with Crippen LogP contribution >= 0.6 is 0 Å². The van der Waals surface area contributed by atoms with E-state index in [-0.39, 0.29) is 11.3 Å². The van der Waals surface area contributed by atoms with Crippen molar-refractivity contribution in [1.82, 2.24) is 14.9 Å². The van der Waals surface area contributed by atoms with Crippen molar-refractivity contribution in [3.63, 3.8) is 0 Å². The average molecular weight is 301 g/mol. The average Bonchev–Trinajstić information content (AvgIpc) is 3.28. The Balaban J connectivity index is 1.56. The van der Waals surface area contributed by atoms with Crippen LogP contribution in [0.25, 0.3) is 0 Å². The predicted molar refractivity (Wildman–Crippen MR) is 81.6 cm³/mol. The van der Waals surface area contributed by atoms with Gasteiger partial charge in [0.15, 0.2) is 0 Å². The molecule has 5 nitrogen and oxygen atoms in total. The maximum atomic E-state index is 13.0. The maximum Gasteiger partial charge on any atom is 0.257 e. The molecule has 3 aliphatic rings. The van der Waals surface area contributed by atoms with Gasteiger partial charge in [0, 0.05) is 37.7 Å². The Labute approximate surface area is 131 Å². The van der Waals surface area contributed by atoms with Gasteiger partial charge in [-0.1, -0.05) is 6.42 Å². The largest absolute Gasteiger partial charge is 0.381 e. The van der Waals surface area contributed by atoms with Crippen LogP contribution in [-0.2, 0) is 4.74 Å². The van der Waals surface area contributed by atoms with Crippen LogP contribution in [0.1, 0.15) is 60.5 Å². The molecule has 0 N–H and O–H groups in total. The SMILES string of the molecule is COC1CC(N(C)C(=O)c2cncnc2C2CC2)C12CCC2. The highest BCUT2D eigenvalue weighted by Gasteiger charge is 2.60. The molecule has 0 saturated heterocycles. The summed E-state index contributed by atoms with van der Waals surface area (Å²) in [7, 11) is 3.72. The summed E-state index contributed by atoms with van der Waals surface area (Å²) in [6.45, 7) is 0. The van der Waals surface area contributed by atoms with E-state index in [9.17, 15) is 4.79 Å². The van der Waals surface area contributed by atoms with Crippen LogP contribution in [0.15, 0.2) is 12.5 Å². The van der Waals surface area contributed by atoms with E-state index in [2.05, 4.69) is 9.97 Å². The second-order valence-electron chi connectivity index (χ2n) is 7.07. The molecule has 1 aromatic rings. The predicted octanol–water partition coefficient (Wildman–Crippen LogP) is 2.38. The summed E-state index contributed by atoms with van der Waals surface area (Å²) in [4.78, 5) is 23.3. The third-order valence-corrected chi connectivity index (χ3v) is 6.04. The Hall–Kier alpha value is -1.49. The Morgan fingerprint density at radius 2 is 2.18 bits per heavy atom. The molecule has 2 atom stereocenters. The molecule has 118 valence electrons. The highest BCUT2D eigenvalue weighted by atomic mass is 16.5. The molecular formula is C17H23N3O2. The number of amides is 1. The first-order valence-corrected chi connectivity index (χ1v) is 8.27. The molecule has 0 aliphatic heterocycles. The summed E-state index contributed by atoms with van der Waals surface area (Å²) in [5.41, 5.74) is 1.84. The summed E-state index contributed by atoms with van der Waals surface area (Å²) in [5.74, 6) is 0.537. The number of nitrogens with zero attached hydrogens (tertiary/aromatic N) is 3. The van der Waals surface area contributed by atoms with Gasteiger partial charge < -0.3 is 9.64 Å². The zero-order valence-corrected chi connectivity index (χ0v) is 13.3. The Morgan fingerprint density at radius 3 is 2.77 bits per heavy atom. The molecule has 1 heterocycles. The van der Waals surface area contributed by atoms with Crippen molar-refractivity contribution < 1.29 is 9.53 Å². The van der Waals surface area contributed by atoms with Gasteiger partial charge in [-0.25, -0.2) is 9.97 Å². The van der Waals surface area contributed by atoms with Crippen LogP contribution < -0.4 is 0 Å². The van der Waals surface area contributed by atoms with Gasteiger partial charge in [-0.05, 0) is 32.1 Å². The lowest BCUT2D eigenvalue weighted by atomic mass is 9.50. The fourth-order valence-electron chi connectivity index (χ4n) is 4.36. The van der Waals surface area contributed by atoms with Crippen LogP contribution in [0.4, 0.5) is 0 Å². The number of hydrogen-bond acceptors (Lipinski definition) is 4. The lowest BCUT2D eigenvalue weighted by Gasteiger charge is -2.62. The van der Waals surface area contributed by atoms with Crippen LogP contribution in [0.3, 0.4) is 0 Å². The Morgan fingerprint density at radius 1 is 1.41 bits per heavy atom. The first kappa shape index (κ1) is 14.1. The molecule has 3 fully saturated rings. The van der Waals surface area contributed by atoms with Crippen molar-refractivity contribution in [2.24, 2.45) is 5.41 Å². The molecule has 3 saturated carbocycles.